The zero-order valence-corrected chi connectivity index (χ0v) is 18.6. The van der Waals surface area contributed by atoms with E-state index >= 15 is 0 Å². The van der Waals surface area contributed by atoms with Gasteiger partial charge in [0.25, 0.3) is 0 Å². The van der Waals surface area contributed by atoms with E-state index in [9.17, 15) is 4.79 Å². The Labute approximate surface area is 162 Å². The molecule has 0 amide bonds. The Kier molecular flexibility index (Phi) is 15.4. The van der Waals surface area contributed by atoms with Crippen molar-refractivity contribution < 1.29 is 14.0 Å². The summed E-state index contributed by atoms with van der Waals surface area (Å²) >= 11 is 0. The van der Waals surface area contributed by atoms with Gasteiger partial charge in [0.05, 0.1) is 13.2 Å². The van der Waals surface area contributed by atoms with Gasteiger partial charge in [0.1, 0.15) is 0 Å². The molecule has 0 saturated carbocycles. The molecule has 4 heteroatoms. The normalized spacial score (nSPS) is 13.9. The number of esters is 1. The van der Waals surface area contributed by atoms with Crippen molar-refractivity contribution in [3.05, 3.63) is 36.5 Å². The Hall–Kier alpha value is -1.13. The molecule has 0 aliphatic heterocycles. The molecular weight excluding hydrogens is 342 g/mol. The monoisotopic (exact) mass is 382 g/mol. The zero-order chi connectivity index (χ0) is 19.7. The molecule has 0 unspecified atom stereocenters. The van der Waals surface area contributed by atoms with Gasteiger partial charge in [0, 0.05) is 6.42 Å². The number of carbonyl (C=O) groups is 1. The summed E-state index contributed by atoms with van der Waals surface area (Å²) in [5.41, 5.74) is 0. The zero-order valence-electron chi connectivity index (χ0n) is 17.6. The molecule has 0 spiro atoms. The van der Waals surface area contributed by atoms with Gasteiger partial charge in [-0.1, -0.05) is 62.6 Å². The molecule has 150 valence electrons. The first-order valence-corrected chi connectivity index (χ1v) is 13.5. The van der Waals surface area contributed by atoms with Gasteiger partial charge in [-0.15, -0.1) is 0 Å². The van der Waals surface area contributed by atoms with Crippen molar-refractivity contribution in [2.24, 2.45) is 0 Å². The largest absolute Gasteiger partial charge is 0.469 e. The minimum absolute atomic E-state index is 0.0942. The molecule has 26 heavy (non-hydrogen) atoms. The number of rotatable bonds is 15. The topological polar surface area (TPSA) is 35.5 Å². The predicted molar refractivity (Wildman–Crippen MR) is 115 cm³/mol. The predicted octanol–water partition coefficient (Wildman–Crippen LogP) is 6.58. The Morgan fingerprint density at radius 1 is 0.923 bits per heavy atom. The van der Waals surface area contributed by atoms with Crippen molar-refractivity contribution in [2.75, 3.05) is 7.11 Å². The summed E-state index contributed by atoms with van der Waals surface area (Å²) in [5.74, 6) is -0.0976. The molecule has 0 fully saturated rings. The van der Waals surface area contributed by atoms with Crippen LogP contribution in [0.25, 0.3) is 0 Å². The maximum atomic E-state index is 11.0. The first-order chi connectivity index (χ1) is 12.4. The van der Waals surface area contributed by atoms with Crippen LogP contribution in [0.5, 0.6) is 0 Å². The number of unbranched alkanes of at least 4 members (excludes halogenated alkanes) is 5. The van der Waals surface area contributed by atoms with Crippen molar-refractivity contribution >= 4 is 14.3 Å². The minimum atomic E-state index is -1.56. The van der Waals surface area contributed by atoms with Crippen molar-refractivity contribution in [2.45, 2.75) is 90.5 Å². The molecule has 0 heterocycles. The summed E-state index contributed by atoms with van der Waals surface area (Å²) in [6.45, 7) is 8.84. The third kappa shape index (κ3) is 17.7. The van der Waals surface area contributed by atoms with Crippen LogP contribution in [0.4, 0.5) is 0 Å². The number of methoxy groups -OCH3 is 1. The third-order valence-electron chi connectivity index (χ3n) is 3.80. The van der Waals surface area contributed by atoms with E-state index in [2.05, 4.69) is 67.8 Å². The summed E-state index contributed by atoms with van der Waals surface area (Å²) in [7, 11) is -0.108. The summed E-state index contributed by atoms with van der Waals surface area (Å²) < 4.78 is 10.9. The second-order valence-electron chi connectivity index (χ2n) is 7.55. The van der Waals surface area contributed by atoms with Gasteiger partial charge in [0.15, 0.2) is 8.32 Å². The van der Waals surface area contributed by atoms with Crippen LogP contribution < -0.4 is 0 Å². The van der Waals surface area contributed by atoms with E-state index in [1.54, 1.807) is 0 Å². The molecule has 0 aromatic rings. The first-order valence-electron chi connectivity index (χ1n) is 10.1. The van der Waals surface area contributed by atoms with E-state index in [0.29, 0.717) is 6.42 Å². The van der Waals surface area contributed by atoms with Crippen LogP contribution in [0, 0.1) is 0 Å². The van der Waals surface area contributed by atoms with E-state index in [1.165, 1.54) is 26.4 Å². The Balaban J connectivity index is 4.05. The second-order valence-corrected chi connectivity index (χ2v) is 12.0. The first kappa shape index (κ1) is 24.9. The van der Waals surface area contributed by atoms with Gasteiger partial charge in [-0.3, -0.25) is 4.79 Å². The van der Waals surface area contributed by atoms with Crippen molar-refractivity contribution in [3.63, 3.8) is 0 Å². The lowest BCUT2D eigenvalue weighted by Crippen LogP contribution is -2.30. The molecule has 3 nitrogen and oxygen atoms in total. The highest BCUT2D eigenvalue weighted by Crippen LogP contribution is 2.12. The minimum Gasteiger partial charge on any atom is -0.469 e. The van der Waals surface area contributed by atoms with Crippen LogP contribution >= 0.6 is 0 Å². The lowest BCUT2D eigenvalue weighted by molar-refractivity contribution is -0.140. The van der Waals surface area contributed by atoms with Gasteiger partial charge >= 0.3 is 5.97 Å². The van der Waals surface area contributed by atoms with Crippen molar-refractivity contribution in [1.29, 1.82) is 0 Å². The Bertz CT molecular complexity index is 433. The smallest absolute Gasteiger partial charge is 0.305 e. The molecule has 0 bridgehead atoms. The fourth-order valence-corrected chi connectivity index (χ4v) is 3.47. The summed E-state index contributed by atoms with van der Waals surface area (Å²) in [4.78, 5) is 11.0. The average Bonchev–Trinajstić information content (AvgIpc) is 2.58. The fourth-order valence-electron chi connectivity index (χ4n) is 2.50. The highest BCUT2D eigenvalue weighted by molar-refractivity contribution is 6.69. The molecular formula is C22H40O3Si. The average molecular weight is 383 g/mol. The van der Waals surface area contributed by atoms with Crippen LogP contribution in [0.15, 0.2) is 36.5 Å². The van der Waals surface area contributed by atoms with Crippen LogP contribution in [-0.2, 0) is 14.0 Å². The molecule has 0 aliphatic carbocycles. The SMILES string of the molecule is CC/C=C\C/C=C\[C@H](/C=C\CCCCCCC[14C](=O)OC)O[Si](C)(C)C. The summed E-state index contributed by atoms with van der Waals surface area (Å²) in [6.07, 6.45) is 22.7. The number of hydrogen-bond donors (Lipinski definition) is 0. The van der Waals surface area contributed by atoms with Gasteiger partial charge in [-0.25, -0.2) is 0 Å². The standard InChI is InChI=1S/C22H40O3Si/c1-6-7-8-12-15-18-21(25-26(3,4)5)19-16-13-10-9-11-14-17-20-22(23)24-2/h7-8,15-16,18-19,21H,6,9-14,17,20H2,1-5H3/b8-7-,18-15-,19-16-/t21-/m1/s1/i22+2. The van der Waals surface area contributed by atoms with Crippen LogP contribution in [0.1, 0.15) is 64.7 Å². The number of carbonyl (C=O) groups excluding carboxylic acids is 1. The van der Waals surface area contributed by atoms with E-state index in [1.807, 2.05) is 0 Å². The Morgan fingerprint density at radius 2 is 1.58 bits per heavy atom. The van der Waals surface area contributed by atoms with E-state index in [4.69, 9.17) is 4.43 Å². The number of ether oxygens (including phenoxy) is 1. The maximum Gasteiger partial charge on any atom is 0.305 e. The number of hydrogen-bond acceptors (Lipinski definition) is 3. The highest BCUT2D eigenvalue weighted by atomic mass is 28.4. The molecule has 1 atom stereocenters. The molecule has 0 radical (unpaired) electrons. The van der Waals surface area contributed by atoms with Gasteiger partial charge in [0.2, 0.25) is 0 Å². The van der Waals surface area contributed by atoms with Crippen LogP contribution in [0.2, 0.25) is 19.6 Å². The third-order valence-corrected chi connectivity index (χ3v) is 4.77. The second kappa shape index (κ2) is 16.1. The molecule has 0 aliphatic rings. The van der Waals surface area contributed by atoms with E-state index in [0.717, 1.165) is 32.1 Å². The lowest BCUT2D eigenvalue weighted by atomic mass is 10.1. The quantitative estimate of drug-likeness (QED) is 0.139. The van der Waals surface area contributed by atoms with Gasteiger partial charge in [-0.05, 0) is 51.7 Å². The summed E-state index contributed by atoms with van der Waals surface area (Å²) in [6, 6.07) is 0. The molecule has 0 saturated heterocycles. The summed E-state index contributed by atoms with van der Waals surface area (Å²) in [5, 5.41) is 0. The van der Waals surface area contributed by atoms with Gasteiger partial charge < -0.3 is 9.16 Å². The van der Waals surface area contributed by atoms with E-state index < -0.39 is 8.32 Å². The molecule has 0 aromatic heterocycles. The van der Waals surface area contributed by atoms with Crippen molar-refractivity contribution in [3.8, 4) is 0 Å². The van der Waals surface area contributed by atoms with Gasteiger partial charge in [-0.2, -0.15) is 0 Å². The molecule has 0 aromatic carbocycles. The van der Waals surface area contributed by atoms with Crippen LogP contribution in [0.3, 0.4) is 0 Å². The lowest BCUT2D eigenvalue weighted by Gasteiger charge is -2.22. The number of allylic oxidation sites excluding steroid dienone is 4. The highest BCUT2D eigenvalue weighted by Gasteiger charge is 2.17. The van der Waals surface area contributed by atoms with Crippen molar-refractivity contribution in [1.82, 2.24) is 0 Å². The van der Waals surface area contributed by atoms with Crippen LogP contribution in [-0.4, -0.2) is 27.5 Å². The molecule has 0 N–H and O–H groups in total. The Morgan fingerprint density at radius 3 is 2.23 bits per heavy atom. The fraction of sp³-hybridized carbons (Fsp3) is 0.682. The maximum absolute atomic E-state index is 11.0. The van der Waals surface area contributed by atoms with E-state index in [-0.39, 0.29) is 12.1 Å². The molecule has 0 rings (SSSR count).